The average Bonchev–Trinajstić information content (AvgIpc) is 2.59. The van der Waals surface area contributed by atoms with Crippen molar-refractivity contribution in [2.75, 3.05) is 6.54 Å². The Balaban J connectivity index is 1.96. The summed E-state index contributed by atoms with van der Waals surface area (Å²) in [4.78, 5) is 12.4. The van der Waals surface area contributed by atoms with E-state index in [9.17, 15) is 4.79 Å². The van der Waals surface area contributed by atoms with Gasteiger partial charge in [-0.2, -0.15) is 0 Å². The predicted octanol–water partition coefficient (Wildman–Crippen LogP) is 4.81. The van der Waals surface area contributed by atoms with Crippen LogP contribution in [0.3, 0.4) is 0 Å². The number of ether oxygens (including phenoxy) is 1. The third kappa shape index (κ3) is 5.35. The van der Waals surface area contributed by atoms with Gasteiger partial charge in [0, 0.05) is 6.54 Å². The molecular weight excluding hydrogens is 310 g/mol. The van der Waals surface area contributed by atoms with E-state index < -0.39 is 6.10 Å². The first-order valence-corrected chi connectivity index (χ1v) is 8.98. The van der Waals surface area contributed by atoms with E-state index in [2.05, 4.69) is 50.4 Å². The van der Waals surface area contributed by atoms with Crippen LogP contribution in [0, 0.1) is 6.92 Å². The highest BCUT2D eigenvalue weighted by atomic mass is 16.5. The largest absolute Gasteiger partial charge is 0.481 e. The van der Waals surface area contributed by atoms with Crippen LogP contribution in [0.25, 0.3) is 0 Å². The standard InChI is InChI=1S/C22H29NO2/c1-15(2)20-12-11-16(3)13-21(20)25-18(5)22(24)23-14-17(4)19-9-7-6-8-10-19/h6-13,15,17-18H,14H2,1-5H3,(H,23,24)/t17-,18-/m1/s1. The molecule has 3 heteroatoms. The Morgan fingerprint density at radius 3 is 2.36 bits per heavy atom. The van der Waals surface area contributed by atoms with Crippen LogP contribution in [0.1, 0.15) is 56.2 Å². The molecule has 3 nitrogen and oxygen atoms in total. The molecule has 0 heterocycles. The van der Waals surface area contributed by atoms with E-state index in [1.807, 2.05) is 31.2 Å². The molecule has 2 aromatic rings. The van der Waals surface area contributed by atoms with Gasteiger partial charge in [0.1, 0.15) is 5.75 Å². The van der Waals surface area contributed by atoms with Crippen LogP contribution in [0.15, 0.2) is 48.5 Å². The number of rotatable bonds is 7. The van der Waals surface area contributed by atoms with Crippen molar-refractivity contribution in [2.24, 2.45) is 0 Å². The fourth-order valence-corrected chi connectivity index (χ4v) is 2.76. The third-order valence-corrected chi connectivity index (χ3v) is 4.42. The van der Waals surface area contributed by atoms with E-state index in [1.165, 1.54) is 5.56 Å². The summed E-state index contributed by atoms with van der Waals surface area (Å²) in [6.07, 6.45) is -0.526. The monoisotopic (exact) mass is 339 g/mol. The van der Waals surface area contributed by atoms with E-state index in [0.29, 0.717) is 12.5 Å². The smallest absolute Gasteiger partial charge is 0.260 e. The molecule has 0 unspecified atom stereocenters. The van der Waals surface area contributed by atoms with Gasteiger partial charge in [-0.25, -0.2) is 0 Å². The normalized spacial score (nSPS) is 13.4. The molecule has 2 atom stereocenters. The van der Waals surface area contributed by atoms with E-state index >= 15 is 0 Å². The topological polar surface area (TPSA) is 38.3 Å². The van der Waals surface area contributed by atoms with Crippen molar-refractivity contribution in [3.8, 4) is 5.75 Å². The molecule has 134 valence electrons. The fraction of sp³-hybridized carbons (Fsp3) is 0.409. The molecule has 1 amide bonds. The second-order valence-electron chi connectivity index (χ2n) is 7.01. The van der Waals surface area contributed by atoms with Crippen molar-refractivity contribution >= 4 is 5.91 Å². The number of nitrogens with one attached hydrogen (secondary N) is 1. The molecule has 0 radical (unpaired) electrons. The Bertz CT molecular complexity index is 694. The second-order valence-corrected chi connectivity index (χ2v) is 7.01. The zero-order valence-corrected chi connectivity index (χ0v) is 15.9. The summed E-state index contributed by atoms with van der Waals surface area (Å²) in [6.45, 7) is 10.8. The van der Waals surface area contributed by atoms with Gasteiger partial charge in [0.15, 0.2) is 6.10 Å². The summed E-state index contributed by atoms with van der Waals surface area (Å²) >= 11 is 0. The minimum absolute atomic E-state index is 0.0843. The summed E-state index contributed by atoms with van der Waals surface area (Å²) in [5.74, 6) is 1.33. The Morgan fingerprint density at radius 2 is 1.72 bits per heavy atom. The molecule has 0 aliphatic rings. The zero-order valence-electron chi connectivity index (χ0n) is 15.9. The second kappa shape index (κ2) is 8.70. The highest BCUT2D eigenvalue weighted by molar-refractivity contribution is 5.80. The van der Waals surface area contributed by atoms with Crippen LogP contribution < -0.4 is 10.1 Å². The molecule has 1 N–H and O–H groups in total. The molecule has 0 spiro atoms. The number of amides is 1. The summed E-state index contributed by atoms with van der Waals surface area (Å²) in [7, 11) is 0. The lowest BCUT2D eigenvalue weighted by molar-refractivity contribution is -0.127. The van der Waals surface area contributed by atoms with Crippen LogP contribution in [-0.4, -0.2) is 18.6 Å². The number of benzene rings is 2. The van der Waals surface area contributed by atoms with Gasteiger partial charge in [0.2, 0.25) is 0 Å². The lowest BCUT2D eigenvalue weighted by Gasteiger charge is -2.20. The molecule has 0 aromatic heterocycles. The number of aryl methyl sites for hydroxylation is 1. The van der Waals surface area contributed by atoms with Gasteiger partial charge < -0.3 is 10.1 Å². The van der Waals surface area contributed by atoms with Crippen molar-refractivity contribution in [3.05, 3.63) is 65.2 Å². The molecule has 0 saturated heterocycles. The minimum atomic E-state index is -0.526. The Kier molecular flexibility index (Phi) is 6.63. The summed E-state index contributed by atoms with van der Waals surface area (Å²) in [5.41, 5.74) is 3.48. The van der Waals surface area contributed by atoms with Gasteiger partial charge in [-0.3, -0.25) is 4.79 Å². The fourth-order valence-electron chi connectivity index (χ4n) is 2.76. The van der Waals surface area contributed by atoms with Gasteiger partial charge in [-0.15, -0.1) is 0 Å². The number of hydrogen-bond donors (Lipinski definition) is 1. The van der Waals surface area contributed by atoms with Crippen LogP contribution in [0.5, 0.6) is 5.75 Å². The molecule has 0 saturated carbocycles. The lowest BCUT2D eigenvalue weighted by atomic mass is 10.0. The average molecular weight is 339 g/mol. The molecule has 0 aliphatic heterocycles. The molecule has 25 heavy (non-hydrogen) atoms. The highest BCUT2D eigenvalue weighted by Gasteiger charge is 2.18. The number of carbonyl (C=O) groups is 1. The summed E-state index contributed by atoms with van der Waals surface area (Å²) in [6, 6.07) is 16.4. The summed E-state index contributed by atoms with van der Waals surface area (Å²) in [5, 5.41) is 3.00. The quantitative estimate of drug-likeness (QED) is 0.786. The van der Waals surface area contributed by atoms with Crippen molar-refractivity contribution in [2.45, 2.75) is 52.6 Å². The van der Waals surface area contributed by atoms with Gasteiger partial charge in [0.25, 0.3) is 5.91 Å². The van der Waals surface area contributed by atoms with Gasteiger partial charge in [-0.1, -0.05) is 63.2 Å². The van der Waals surface area contributed by atoms with Crippen molar-refractivity contribution in [1.82, 2.24) is 5.32 Å². The van der Waals surface area contributed by atoms with E-state index in [0.717, 1.165) is 16.9 Å². The van der Waals surface area contributed by atoms with Crippen LogP contribution >= 0.6 is 0 Å². The third-order valence-electron chi connectivity index (χ3n) is 4.42. The van der Waals surface area contributed by atoms with Crippen molar-refractivity contribution < 1.29 is 9.53 Å². The first-order chi connectivity index (χ1) is 11.9. The summed E-state index contributed by atoms with van der Waals surface area (Å²) < 4.78 is 5.98. The lowest BCUT2D eigenvalue weighted by Crippen LogP contribution is -2.38. The maximum atomic E-state index is 12.4. The Hall–Kier alpha value is -2.29. The predicted molar refractivity (Wildman–Crippen MR) is 103 cm³/mol. The maximum Gasteiger partial charge on any atom is 0.260 e. The van der Waals surface area contributed by atoms with Crippen LogP contribution in [0.4, 0.5) is 0 Å². The van der Waals surface area contributed by atoms with Gasteiger partial charge in [-0.05, 0) is 48.4 Å². The van der Waals surface area contributed by atoms with Crippen LogP contribution in [-0.2, 0) is 4.79 Å². The van der Waals surface area contributed by atoms with E-state index in [4.69, 9.17) is 4.74 Å². The zero-order chi connectivity index (χ0) is 18.4. The molecular formula is C22H29NO2. The highest BCUT2D eigenvalue weighted by Crippen LogP contribution is 2.28. The van der Waals surface area contributed by atoms with Crippen molar-refractivity contribution in [3.63, 3.8) is 0 Å². The molecule has 0 fully saturated rings. The number of carbonyl (C=O) groups excluding carboxylic acids is 1. The molecule has 0 bridgehead atoms. The Morgan fingerprint density at radius 1 is 1.04 bits per heavy atom. The minimum Gasteiger partial charge on any atom is -0.481 e. The van der Waals surface area contributed by atoms with E-state index in [-0.39, 0.29) is 11.8 Å². The van der Waals surface area contributed by atoms with Crippen molar-refractivity contribution in [1.29, 1.82) is 0 Å². The maximum absolute atomic E-state index is 12.4. The first-order valence-electron chi connectivity index (χ1n) is 8.98. The molecule has 2 aromatic carbocycles. The number of hydrogen-bond acceptors (Lipinski definition) is 2. The molecule has 2 rings (SSSR count). The first kappa shape index (κ1) is 19.0. The molecule has 0 aliphatic carbocycles. The van der Waals surface area contributed by atoms with E-state index in [1.54, 1.807) is 6.92 Å². The SMILES string of the molecule is Cc1ccc(C(C)C)c(O[C@H](C)C(=O)NC[C@@H](C)c2ccccc2)c1. The van der Waals surface area contributed by atoms with Crippen LogP contribution in [0.2, 0.25) is 0 Å². The Labute approximate surface area is 151 Å². The van der Waals surface area contributed by atoms with Gasteiger partial charge >= 0.3 is 0 Å². The van der Waals surface area contributed by atoms with Gasteiger partial charge in [0.05, 0.1) is 0 Å².